The number of halogens is 1. The number of rotatable bonds is 5. The average molecular weight is 436 g/mol. The first-order valence-electron chi connectivity index (χ1n) is 8.28. The molecule has 2 N–H and O–H groups in total. The second kappa shape index (κ2) is 8.00. The molecular formula is C19H18ClN3O3S2. The molecule has 9 heteroatoms. The molecule has 1 aromatic heterocycles. The standard InChI is InChI=1S/C19H18ClN3O3S2/c1-12(13-5-4-8-16(10-13)28(21,25)26)23(2)19(24)17-11-27-18(22-17)14-6-3-7-15(20)9-14/h3-12H,1-2H3,(H2,21,25,26). The lowest BCUT2D eigenvalue weighted by Crippen LogP contribution is -2.30. The van der Waals surface area contributed by atoms with Crippen LogP contribution in [0.15, 0.2) is 58.8 Å². The van der Waals surface area contributed by atoms with Gasteiger partial charge in [0.05, 0.1) is 10.9 Å². The fourth-order valence-electron chi connectivity index (χ4n) is 2.66. The molecule has 0 radical (unpaired) electrons. The minimum atomic E-state index is -3.81. The van der Waals surface area contributed by atoms with E-state index in [-0.39, 0.29) is 16.8 Å². The lowest BCUT2D eigenvalue weighted by molar-refractivity contribution is 0.0737. The number of amides is 1. The van der Waals surface area contributed by atoms with Crippen molar-refractivity contribution in [2.24, 2.45) is 5.14 Å². The van der Waals surface area contributed by atoms with Crippen LogP contribution in [0.4, 0.5) is 0 Å². The van der Waals surface area contributed by atoms with Crippen LogP contribution in [0, 0.1) is 0 Å². The number of nitrogens with two attached hydrogens (primary N) is 1. The van der Waals surface area contributed by atoms with Crippen LogP contribution in [-0.2, 0) is 10.0 Å². The normalized spacial score (nSPS) is 12.6. The first-order chi connectivity index (χ1) is 13.2. The third kappa shape index (κ3) is 4.41. The first-order valence-corrected chi connectivity index (χ1v) is 11.1. The van der Waals surface area contributed by atoms with Crippen LogP contribution in [-0.4, -0.2) is 31.3 Å². The quantitative estimate of drug-likeness (QED) is 0.656. The third-order valence-electron chi connectivity index (χ3n) is 4.37. The van der Waals surface area contributed by atoms with Gasteiger partial charge in [0.25, 0.3) is 5.91 Å². The highest BCUT2D eigenvalue weighted by Crippen LogP contribution is 2.28. The van der Waals surface area contributed by atoms with Crippen LogP contribution >= 0.6 is 22.9 Å². The van der Waals surface area contributed by atoms with Crippen LogP contribution in [0.5, 0.6) is 0 Å². The predicted octanol–water partition coefficient (Wildman–Crippen LogP) is 3.94. The van der Waals surface area contributed by atoms with Gasteiger partial charge in [-0.3, -0.25) is 4.79 Å². The van der Waals surface area contributed by atoms with E-state index in [0.717, 1.165) is 5.56 Å². The van der Waals surface area contributed by atoms with Crippen LogP contribution in [0.25, 0.3) is 10.6 Å². The van der Waals surface area contributed by atoms with E-state index in [1.807, 2.05) is 19.1 Å². The fourth-order valence-corrected chi connectivity index (χ4v) is 4.21. The van der Waals surface area contributed by atoms with Gasteiger partial charge in [-0.15, -0.1) is 11.3 Å². The van der Waals surface area contributed by atoms with E-state index in [4.69, 9.17) is 16.7 Å². The summed E-state index contributed by atoms with van der Waals surface area (Å²) in [7, 11) is -2.16. The van der Waals surface area contributed by atoms with Gasteiger partial charge in [-0.1, -0.05) is 35.9 Å². The number of hydrogen-bond donors (Lipinski definition) is 1. The average Bonchev–Trinajstić information content (AvgIpc) is 3.16. The topological polar surface area (TPSA) is 93.4 Å². The van der Waals surface area contributed by atoms with Crippen LogP contribution < -0.4 is 5.14 Å². The second-order valence-corrected chi connectivity index (χ2v) is 9.11. The van der Waals surface area contributed by atoms with E-state index < -0.39 is 10.0 Å². The summed E-state index contributed by atoms with van der Waals surface area (Å²) < 4.78 is 23.1. The Morgan fingerprint density at radius 3 is 2.61 bits per heavy atom. The summed E-state index contributed by atoms with van der Waals surface area (Å²) in [6.07, 6.45) is 0. The highest BCUT2D eigenvalue weighted by atomic mass is 35.5. The number of carbonyl (C=O) groups is 1. The molecule has 0 bridgehead atoms. The van der Waals surface area contributed by atoms with Gasteiger partial charge >= 0.3 is 0 Å². The molecule has 0 aliphatic rings. The zero-order chi connectivity index (χ0) is 20.5. The molecule has 1 heterocycles. The van der Waals surface area contributed by atoms with E-state index in [1.165, 1.54) is 28.4 Å². The molecule has 3 rings (SSSR count). The summed E-state index contributed by atoms with van der Waals surface area (Å²) in [5.74, 6) is -0.266. The molecule has 146 valence electrons. The third-order valence-corrected chi connectivity index (χ3v) is 6.40. The number of aromatic nitrogens is 1. The highest BCUT2D eigenvalue weighted by molar-refractivity contribution is 7.89. The van der Waals surface area contributed by atoms with Crippen molar-refractivity contribution in [1.82, 2.24) is 9.88 Å². The Labute approximate surface area is 172 Å². The van der Waals surface area contributed by atoms with E-state index in [9.17, 15) is 13.2 Å². The summed E-state index contributed by atoms with van der Waals surface area (Å²) in [5.41, 5.74) is 1.82. The molecule has 0 aliphatic carbocycles. The van der Waals surface area contributed by atoms with Crippen molar-refractivity contribution in [1.29, 1.82) is 0 Å². The van der Waals surface area contributed by atoms with E-state index >= 15 is 0 Å². The number of sulfonamides is 1. The molecule has 2 aromatic carbocycles. The van der Waals surface area contributed by atoms with Gasteiger partial charge in [0.1, 0.15) is 10.7 Å². The number of primary sulfonamides is 1. The molecule has 3 aromatic rings. The Morgan fingerprint density at radius 1 is 1.21 bits per heavy atom. The maximum absolute atomic E-state index is 12.9. The van der Waals surface area contributed by atoms with Gasteiger partial charge in [-0.25, -0.2) is 18.5 Å². The Morgan fingerprint density at radius 2 is 1.93 bits per heavy atom. The lowest BCUT2D eigenvalue weighted by Gasteiger charge is -2.25. The summed E-state index contributed by atoms with van der Waals surface area (Å²) in [4.78, 5) is 18.8. The zero-order valence-corrected chi connectivity index (χ0v) is 17.6. The van der Waals surface area contributed by atoms with Crippen molar-refractivity contribution in [2.75, 3.05) is 7.05 Å². The molecule has 1 unspecified atom stereocenters. The largest absolute Gasteiger partial charge is 0.334 e. The molecule has 1 atom stereocenters. The number of nitrogens with zero attached hydrogens (tertiary/aromatic N) is 2. The fraction of sp³-hybridized carbons (Fsp3) is 0.158. The molecule has 1 amide bonds. The van der Waals surface area contributed by atoms with Gasteiger partial charge in [0.2, 0.25) is 10.0 Å². The van der Waals surface area contributed by atoms with E-state index in [2.05, 4.69) is 4.98 Å². The van der Waals surface area contributed by atoms with Crippen molar-refractivity contribution >= 4 is 38.9 Å². The predicted molar refractivity (Wildman–Crippen MR) is 111 cm³/mol. The van der Waals surface area contributed by atoms with Gasteiger partial charge in [-0.05, 0) is 36.8 Å². The Balaban J connectivity index is 1.83. The lowest BCUT2D eigenvalue weighted by atomic mass is 10.1. The minimum absolute atomic E-state index is 0.00889. The zero-order valence-electron chi connectivity index (χ0n) is 15.2. The van der Waals surface area contributed by atoms with E-state index in [0.29, 0.717) is 21.3 Å². The van der Waals surface area contributed by atoms with Crippen LogP contribution in [0.2, 0.25) is 5.02 Å². The van der Waals surface area contributed by atoms with Crippen LogP contribution in [0.1, 0.15) is 29.0 Å². The molecule has 0 aliphatic heterocycles. The van der Waals surface area contributed by atoms with E-state index in [1.54, 1.807) is 36.7 Å². The molecular weight excluding hydrogens is 418 g/mol. The maximum atomic E-state index is 12.9. The molecule has 0 fully saturated rings. The van der Waals surface area contributed by atoms with Crippen molar-refractivity contribution in [2.45, 2.75) is 17.9 Å². The van der Waals surface area contributed by atoms with Gasteiger partial charge in [0, 0.05) is 23.0 Å². The first kappa shape index (κ1) is 20.5. The number of hydrogen-bond acceptors (Lipinski definition) is 5. The Kier molecular flexibility index (Phi) is 5.85. The van der Waals surface area contributed by atoms with Gasteiger partial charge < -0.3 is 4.90 Å². The Hall–Kier alpha value is -2.26. The van der Waals surface area contributed by atoms with Gasteiger partial charge in [-0.2, -0.15) is 0 Å². The van der Waals surface area contributed by atoms with Crippen molar-refractivity contribution < 1.29 is 13.2 Å². The molecule has 0 saturated carbocycles. The van der Waals surface area contributed by atoms with Crippen molar-refractivity contribution in [3.63, 3.8) is 0 Å². The van der Waals surface area contributed by atoms with Crippen molar-refractivity contribution in [3.8, 4) is 10.6 Å². The highest BCUT2D eigenvalue weighted by Gasteiger charge is 2.22. The number of thiazole rings is 1. The summed E-state index contributed by atoms with van der Waals surface area (Å²) in [6.45, 7) is 1.81. The second-order valence-electron chi connectivity index (χ2n) is 6.26. The van der Waals surface area contributed by atoms with Crippen molar-refractivity contribution in [3.05, 3.63) is 70.2 Å². The SMILES string of the molecule is CC(c1cccc(S(N)(=O)=O)c1)N(C)C(=O)c1csc(-c2cccc(Cl)c2)n1. The maximum Gasteiger partial charge on any atom is 0.273 e. The number of carbonyl (C=O) groups excluding carboxylic acids is 1. The molecule has 28 heavy (non-hydrogen) atoms. The number of benzene rings is 2. The monoisotopic (exact) mass is 435 g/mol. The van der Waals surface area contributed by atoms with Gasteiger partial charge in [0.15, 0.2) is 0 Å². The summed E-state index contributed by atoms with van der Waals surface area (Å²) in [6, 6.07) is 13.1. The smallest absolute Gasteiger partial charge is 0.273 e. The minimum Gasteiger partial charge on any atom is -0.334 e. The van der Waals surface area contributed by atoms with Crippen LogP contribution in [0.3, 0.4) is 0 Å². The molecule has 0 spiro atoms. The molecule has 0 saturated heterocycles. The summed E-state index contributed by atoms with van der Waals surface area (Å²) >= 11 is 7.38. The summed E-state index contributed by atoms with van der Waals surface area (Å²) in [5, 5.41) is 8.19. The Bertz CT molecular complexity index is 1130. The molecule has 6 nitrogen and oxygen atoms in total.